The van der Waals surface area contributed by atoms with Crippen LogP contribution in [0.4, 0.5) is 10.3 Å². The van der Waals surface area contributed by atoms with Gasteiger partial charge in [-0.25, -0.2) is 14.4 Å². The van der Waals surface area contributed by atoms with Crippen LogP contribution in [0.15, 0.2) is 53.6 Å². The Balaban J connectivity index is 1.89. The van der Waals surface area contributed by atoms with Gasteiger partial charge in [-0.2, -0.15) is 0 Å². The Morgan fingerprint density at radius 1 is 1.27 bits per heavy atom. The van der Waals surface area contributed by atoms with Crippen LogP contribution < -0.4 is 16.2 Å². The Labute approximate surface area is 178 Å². The van der Waals surface area contributed by atoms with Crippen molar-refractivity contribution in [2.75, 3.05) is 25.5 Å². The minimum Gasteiger partial charge on any atom is -0.394 e. The molecule has 0 saturated carbocycles. The Morgan fingerprint density at radius 3 is 2.73 bits per heavy atom. The minimum absolute atomic E-state index is 0.0182. The number of anilines is 1. The van der Waals surface area contributed by atoms with E-state index in [0.29, 0.717) is 22.8 Å². The Morgan fingerprint density at radius 2 is 2.07 bits per heavy atom. The highest BCUT2D eigenvalue weighted by Crippen LogP contribution is 2.23. The molecule has 2 heterocycles. The van der Waals surface area contributed by atoms with Gasteiger partial charge in [0.15, 0.2) is 0 Å². The van der Waals surface area contributed by atoms with Crippen molar-refractivity contribution in [1.82, 2.24) is 19.9 Å². The highest BCUT2D eigenvalue weighted by Gasteiger charge is 2.16. The van der Waals surface area contributed by atoms with Gasteiger partial charge in [-0.1, -0.05) is 17.7 Å². The molecule has 158 valence electrons. The van der Waals surface area contributed by atoms with E-state index < -0.39 is 11.9 Å². The fourth-order valence-electron chi connectivity index (χ4n) is 3.15. The third-order valence-corrected chi connectivity index (χ3v) is 4.93. The normalized spacial score (nSPS) is 13.1. The molecule has 1 aromatic carbocycles. The molecule has 0 fully saturated rings. The SMILES string of the molecule is CNCC(C)Nc1nccc(-c2ccn(C(CO)c3ccc(Cl)c(F)c3)c(=O)c2)n1. The van der Waals surface area contributed by atoms with Crippen LogP contribution in [0.25, 0.3) is 11.3 Å². The molecule has 0 spiro atoms. The van der Waals surface area contributed by atoms with E-state index in [2.05, 4.69) is 20.6 Å². The Kier molecular flexibility index (Phi) is 7.15. The van der Waals surface area contributed by atoms with Gasteiger partial charge in [0, 0.05) is 36.6 Å². The van der Waals surface area contributed by atoms with Crippen molar-refractivity contribution in [3.05, 3.63) is 75.5 Å². The van der Waals surface area contributed by atoms with Crippen LogP contribution in [0.1, 0.15) is 18.5 Å². The number of nitrogens with zero attached hydrogens (tertiary/aromatic N) is 3. The monoisotopic (exact) mass is 431 g/mol. The molecule has 30 heavy (non-hydrogen) atoms. The van der Waals surface area contributed by atoms with Crippen LogP contribution in [-0.4, -0.2) is 45.9 Å². The number of hydrogen-bond donors (Lipinski definition) is 3. The summed E-state index contributed by atoms with van der Waals surface area (Å²) in [4.78, 5) is 21.4. The summed E-state index contributed by atoms with van der Waals surface area (Å²) in [5, 5.41) is 16.1. The van der Waals surface area contributed by atoms with Gasteiger partial charge < -0.3 is 20.3 Å². The molecule has 2 aromatic heterocycles. The molecule has 2 atom stereocenters. The first-order chi connectivity index (χ1) is 14.4. The number of hydrogen-bond acceptors (Lipinski definition) is 6. The predicted molar refractivity (Wildman–Crippen MR) is 115 cm³/mol. The molecule has 0 aliphatic heterocycles. The van der Waals surface area contributed by atoms with Crippen molar-refractivity contribution in [2.45, 2.75) is 19.0 Å². The number of halogens is 2. The van der Waals surface area contributed by atoms with Crippen LogP contribution in [-0.2, 0) is 0 Å². The largest absolute Gasteiger partial charge is 0.394 e. The van der Waals surface area contributed by atoms with E-state index in [1.807, 2.05) is 14.0 Å². The summed E-state index contributed by atoms with van der Waals surface area (Å²) in [6.45, 7) is 2.38. The smallest absolute Gasteiger partial charge is 0.251 e. The highest BCUT2D eigenvalue weighted by atomic mass is 35.5. The number of benzene rings is 1. The topological polar surface area (TPSA) is 92.1 Å². The van der Waals surface area contributed by atoms with E-state index in [1.165, 1.54) is 22.8 Å². The molecule has 7 nitrogen and oxygen atoms in total. The summed E-state index contributed by atoms with van der Waals surface area (Å²) in [5.41, 5.74) is 1.30. The van der Waals surface area contributed by atoms with Gasteiger partial charge in [0.05, 0.1) is 23.4 Å². The second-order valence-electron chi connectivity index (χ2n) is 6.90. The van der Waals surface area contributed by atoms with E-state index >= 15 is 0 Å². The van der Waals surface area contributed by atoms with Gasteiger partial charge in [0.2, 0.25) is 5.95 Å². The second kappa shape index (κ2) is 9.80. The summed E-state index contributed by atoms with van der Waals surface area (Å²) in [6.07, 6.45) is 3.18. The maximum absolute atomic E-state index is 13.8. The molecular weight excluding hydrogens is 409 g/mol. The van der Waals surface area contributed by atoms with Gasteiger partial charge in [0.1, 0.15) is 5.82 Å². The van der Waals surface area contributed by atoms with Gasteiger partial charge in [-0.3, -0.25) is 4.79 Å². The van der Waals surface area contributed by atoms with Crippen LogP contribution in [0.2, 0.25) is 5.02 Å². The quantitative estimate of drug-likeness (QED) is 0.508. The minimum atomic E-state index is -0.733. The van der Waals surface area contributed by atoms with Gasteiger partial charge in [-0.05, 0) is 43.8 Å². The average molecular weight is 432 g/mol. The zero-order valence-corrected chi connectivity index (χ0v) is 17.4. The van der Waals surface area contributed by atoms with Crippen LogP contribution >= 0.6 is 11.6 Å². The van der Waals surface area contributed by atoms with Gasteiger partial charge >= 0.3 is 0 Å². The third kappa shape index (κ3) is 5.02. The molecule has 3 N–H and O–H groups in total. The average Bonchev–Trinajstić information content (AvgIpc) is 2.72. The number of nitrogens with one attached hydrogen (secondary N) is 2. The number of aliphatic hydroxyl groups is 1. The molecule has 0 bridgehead atoms. The van der Waals surface area contributed by atoms with Crippen molar-refractivity contribution in [1.29, 1.82) is 0 Å². The number of aromatic nitrogens is 3. The van der Waals surface area contributed by atoms with Crippen LogP contribution in [0, 0.1) is 5.82 Å². The first kappa shape index (κ1) is 21.9. The fourth-order valence-corrected chi connectivity index (χ4v) is 3.26. The van der Waals surface area contributed by atoms with E-state index in [9.17, 15) is 14.3 Å². The molecule has 0 saturated heterocycles. The zero-order chi connectivity index (χ0) is 21.7. The van der Waals surface area contributed by atoms with Gasteiger partial charge in [0.25, 0.3) is 5.56 Å². The Bertz CT molecular complexity index is 1080. The van der Waals surface area contributed by atoms with Crippen molar-refractivity contribution in [3.8, 4) is 11.3 Å². The van der Waals surface area contributed by atoms with E-state index in [1.54, 1.807) is 30.6 Å². The first-order valence-electron chi connectivity index (χ1n) is 9.45. The standard InChI is InChI=1S/C21H23ClFN5O2/c1-13(11-24-2)26-21-25-7-5-18(27-21)14-6-8-28(20(30)10-14)19(12-29)15-3-4-16(22)17(23)9-15/h3-10,13,19,24,29H,11-12H2,1-2H3,(H,25,26,27). The van der Waals surface area contributed by atoms with Crippen molar-refractivity contribution in [2.24, 2.45) is 0 Å². The molecule has 3 rings (SSSR count). The number of likely N-dealkylation sites (N-methyl/N-ethyl adjacent to an activating group) is 1. The first-order valence-corrected chi connectivity index (χ1v) is 9.83. The zero-order valence-electron chi connectivity index (χ0n) is 16.6. The molecule has 0 amide bonds. The number of rotatable bonds is 8. The van der Waals surface area contributed by atoms with Crippen molar-refractivity contribution < 1.29 is 9.50 Å². The summed E-state index contributed by atoms with van der Waals surface area (Å²) in [7, 11) is 1.86. The lowest BCUT2D eigenvalue weighted by Gasteiger charge is -2.19. The molecule has 3 aromatic rings. The third-order valence-electron chi connectivity index (χ3n) is 4.62. The molecule has 9 heteroatoms. The maximum Gasteiger partial charge on any atom is 0.251 e. The predicted octanol–water partition coefficient (Wildman–Crippen LogP) is 2.70. The molecule has 0 radical (unpaired) electrons. The molecule has 0 aliphatic carbocycles. The summed E-state index contributed by atoms with van der Waals surface area (Å²) in [6, 6.07) is 8.47. The van der Waals surface area contributed by atoms with Crippen molar-refractivity contribution >= 4 is 17.5 Å². The van der Waals surface area contributed by atoms with Crippen LogP contribution in [0.5, 0.6) is 0 Å². The molecule has 0 aliphatic rings. The fraction of sp³-hybridized carbons (Fsp3) is 0.286. The van der Waals surface area contributed by atoms with Gasteiger partial charge in [-0.15, -0.1) is 0 Å². The van der Waals surface area contributed by atoms with E-state index in [4.69, 9.17) is 11.6 Å². The lowest BCUT2D eigenvalue weighted by Crippen LogP contribution is -2.28. The Hall–Kier alpha value is -2.81. The van der Waals surface area contributed by atoms with E-state index in [0.717, 1.165) is 6.54 Å². The summed E-state index contributed by atoms with van der Waals surface area (Å²) < 4.78 is 15.2. The lowest BCUT2D eigenvalue weighted by atomic mass is 10.1. The van der Waals surface area contributed by atoms with Crippen molar-refractivity contribution in [3.63, 3.8) is 0 Å². The second-order valence-corrected chi connectivity index (χ2v) is 7.31. The molecule has 2 unspecified atom stereocenters. The highest BCUT2D eigenvalue weighted by molar-refractivity contribution is 6.30. The lowest BCUT2D eigenvalue weighted by molar-refractivity contribution is 0.247. The summed E-state index contributed by atoms with van der Waals surface area (Å²) in [5.74, 6) is -0.143. The summed E-state index contributed by atoms with van der Waals surface area (Å²) >= 11 is 5.73. The number of pyridine rings is 1. The maximum atomic E-state index is 13.8. The van der Waals surface area contributed by atoms with Crippen LogP contribution in [0.3, 0.4) is 0 Å². The molecular formula is C21H23ClFN5O2. The number of aliphatic hydroxyl groups excluding tert-OH is 1. The van der Waals surface area contributed by atoms with E-state index in [-0.39, 0.29) is 23.2 Å².